The second kappa shape index (κ2) is 7.62. The first-order chi connectivity index (χ1) is 13.2. The Morgan fingerprint density at radius 3 is 2.63 bits per heavy atom. The number of rotatable bonds is 5. The number of hydrogen-bond donors (Lipinski definition) is 1. The maximum absolute atomic E-state index is 13.0. The van der Waals surface area contributed by atoms with Gasteiger partial charge in [0.25, 0.3) is 5.91 Å². The number of aromatic nitrogens is 1. The predicted octanol–water partition coefficient (Wildman–Crippen LogP) is 4.33. The summed E-state index contributed by atoms with van der Waals surface area (Å²) in [5.74, 6) is -0.0386. The molecule has 1 aromatic heterocycles. The highest BCUT2D eigenvalue weighted by Crippen LogP contribution is 2.32. The van der Waals surface area contributed by atoms with Gasteiger partial charge in [0.2, 0.25) is 0 Å². The van der Waals surface area contributed by atoms with Crippen LogP contribution in [0.1, 0.15) is 28.5 Å². The monoisotopic (exact) mass is 357 g/mol. The van der Waals surface area contributed by atoms with Gasteiger partial charge in [0.05, 0.1) is 11.9 Å². The van der Waals surface area contributed by atoms with Crippen molar-refractivity contribution in [1.29, 1.82) is 0 Å². The largest absolute Gasteiger partial charge is 0.383 e. The summed E-state index contributed by atoms with van der Waals surface area (Å²) in [6.45, 7) is 2.91. The standard InChI is InChI=1S/C23H23N3O/c1-17-15-19-9-5-6-10-22(19)26(17)23(27)21-12-11-20(16-25-21)24-14-13-18-7-3-2-4-8-18/h2-12,16-17,24H,13-15H2,1H3. The molecular weight excluding hydrogens is 334 g/mol. The smallest absolute Gasteiger partial charge is 0.277 e. The first-order valence-corrected chi connectivity index (χ1v) is 9.37. The third-order valence-corrected chi connectivity index (χ3v) is 4.99. The molecule has 27 heavy (non-hydrogen) atoms. The van der Waals surface area contributed by atoms with Crippen LogP contribution in [0, 0.1) is 0 Å². The summed E-state index contributed by atoms with van der Waals surface area (Å²) < 4.78 is 0. The van der Waals surface area contributed by atoms with Gasteiger partial charge in [-0.05, 0) is 49.1 Å². The van der Waals surface area contributed by atoms with Crippen LogP contribution in [0.3, 0.4) is 0 Å². The van der Waals surface area contributed by atoms with Crippen molar-refractivity contribution in [3.63, 3.8) is 0 Å². The maximum Gasteiger partial charge on any atom is 0.277 e. The number of fused-ring (bicyclic) bond motifs is 1. The lowest BCUT2D eigenvalue weighted by atomic mass is 10.1. The minimum atomic E-state index is -0.0386. The molecule has 4 rings (SSSR count). The van der Waals surface area contributed by atoms with Crippen LogP contribution in [0.5, 0.6) is 0 Å². The molecule has 4 nitrogen and oxygen atoms in total. The molecule has 0 spiro atoms. The highest BCUT2D eigenvalue weighted by molar-refractivity contribution is 6.06. The number of benzene rings is 2. The van der Waals surface area contributed by atoms with Crippen molar-refractivity contribution in [3.8, 4) is 0 Å². The van der Waals surface area contributed by atoms with E-state index in [1.165, 1.54) is 11.1 Å². The molecule has 1 N–H and O–H groups in total. The molecule has 0 bridgehead atoms. The Balaban J connectivity index is 1.41. The fraction of sp³-hybridized carbons (Fsp3) is 0.217. The van der Waals surface area contributed by atoms with Crippen LogP contribution in [-0.2, 0) is 12.8 Å². The van der Waals surface area contributed by atoms with Crippen LogP contribution in [0.15, 0.2) is 72.9 Å². The lowest BCUT2D eigenvalue weighted by molar-refractivity contribution is 0.0976. The van der Waals surface area contributed by atoms with Gasteiger partial charge in [0, 0.05) is 18.3 Å². The Bertz CT molecular complexity index is 922. The molecule has 0 aliphatic carbocycles. The number of nitrogens with one attached hydrogen (secondary N) is 1. The SMILES string of the molecule is CC1Cc2ccccc2N1C(=O)c1ccc(NCCc2ccccc2)cn1. The molecule has 1 atom stereocenters. The van der Waals surface area contributed by atoms with Crippen molar-refractivity contribution < 1.29 is 4.79 Å². The molecular formula is C23H23N3O. The summed E-state index contributed by atoms with van der Waals surface area (Å²) in [7, 11) is 0. The maximum atomic E-state index is 13.0. The van der Waals surface area contributed by atoms with Crippen molar-refractivity contribution >= 4 is 17.3 Å². The number of carbonyl (C=O) groups is 1. The van der Waals surface area contributed by atoms with Gasteiger partial charge in [-0.2, -0.15) is 0 Å². The Morgan fingerprint density at radius 1 is 1.07 bits per heavy atom. The molecule has 2 aromatic carbocycles. The van der Waals surface area contributed by atoms with E-state index in [0.29, 0.717) is 5.69 Å². The molecule has 2 heterocycles. The van der Waals surface area contributed by atoms with E-state index in [0.717, 1.165) is 30.8 Å². The van der Waals surface area contributed by atoms with Crippen LogP contribution >= 0.6 is 0 Å². The van der Waals surface area contributed by atoms with Crippen LogP contribution < -0.4 is 10.2 Å². The van der Waals surface area contributed by atoms with Gasteiger partial charge in [-0.25, -0.2) is 4.98 Å². The van der Waals surface area contributed by atoms with Gasteiger partial charge in [-0.3, -0.25) is 4.79 Å². The van der Waals surface area contributed by atoms with Gasteiger partial charge in [0.1, 0.15) is 5.69 Å². The summed E-state index contributed by atoms with van der Waals surface area (Å²) in [5, 5.41) is 3.37. The Labute approximate surface area is 159 Å². The van der Waals surface area contributed by atoms with E-state index in [2.05, 4.69) is 47.6 Å². The summed E-state index contributed by atoms with van der Waals surface area (Å²) >= 11 is 0. The first kappa shape index (κ1) is 17.3. The van der Waals surface area contributed by atoms with E-state index >= 15 is 0 Å². The quantitative estimate of drug-likeness (QED) is 0.739. The van der Waals surface area contributed by atoms with Crippen LogP contribution in [0.25, 0.3) is 0 Å². The van der Waals surface area contributed by atoms with Crippen molar-refractivity contribution in [2.45, 2.75) is 25.8 Å². The van der Waals surface area contributed by atoms with E-state index in [1.54, 1.807) is 12.3 Å². The van der Waals surface area contributed by atoms with Gasteiger partial charge >= 0.3 is 0 Å². The zero-order valence-corrected chi connectivity index (χ0v) is 15.4. The molecule has 0 saturated carbocycles. The Hall–Kier alpha value is -3.14. The van der Waals surface area contributed by atoms with E-state index in [4.69, 9.17) is 0 Å². The summed E-state index contributed by atoms with van der Waals surface area (Å²) in [6, 6.07) is 22.4. The third-order valence-electron chi connectivity index (χ3n) is 4.99. The van der Waals surface area contributed by atoms with E-state index in [9.17, 15) is 4.79 Å². The molecule has 0 fully saturated rings. The number of amides is 1. The second-order valence-electron chi connectivity index (χ2n) is 6.95. The summed E-state index contributed by atoms with van der Waals surface area (Å²) in [4.78, 5) is 19.2. The molecule has 1 aliphatic rings. The van der Waals surface area contributed by atoms with E-state index in [-0.39, 0.29) is 11.9 Å². The molecule has 1 amide bonds. The number of nitrogens with zero attached hydrogens (tertiary/aromatic N) is 2. The number of carbonyl (C=O) groups excluding carboxylic acids is 1. The normalized spacial score (nSPS) is 15.4. The van der Waals surface area contributed by atoms with Gasteiger partial charge in [-0.1, -0.05) is 48.5 Å². The number of pyridine rings is 1. The van der Waals surface area contributed by atoms with Gasteiger partial charge in [-0.15, -0.1) is 0 Å². The van der Waals surface area contributed by atoms with Crippen molar-refractivity contribution in [3.05, 3.63) is 89.7 Å². The predicted molar refractivity (Wildman–Crippen MR) is 109 cm³/mol. The Kier molecular flexibility index (Phi) is 4.88. The minimum absolute atomic E-state index is 0.0386. The summed E-state index contributed by atoms with van der Waals surface area (Å²) in [6.07, 6.45) is 3.58. The minimum Gasteiger partial charge on any atom is -0.383 e. The molecule has 0 saturated heterocycles. The number of para-hydroxylation sites is 1. The first-order valence-electron chi connectivity index (χ1n) is 9.37. The zero-order valence-electron chi connectivity index (χ0n) is 15.4. The molecule has 4 heteroatoms. The highest BCUT2D eigenvalue weighted by atomic mass is 16.2. The highest BCUT2D eigenvalue weighted by Gasteiger charge is 2.31. The van der Waals surface area contributed by atoms with E-state index < -0.39 is 0 Å². The van der Waals surface area contributed by atoms with Crippen LogP contribution in [-0.4, -0.2) is 23.5 Å². The summed E-state index contributed by atoms with van der Waals surface area (Å²) in [5.41, 5.74) is 4.93. The Morgan fingerprint density at radius 2 is 1.85 bits per heavy atom. The molecule has 136 valence electrons. The lowest BCUT2D eigenvalue weighted by Crippen LogP contribution is -2.36. The van der Waals surface area contributed by atoms with Gasteiger partial charge in [0.15, 0.2) is 0 Å². The molecule has 1 aliphatic heterocycles. The average Bonchev–Trinajstić information content (AvgIpc) is 3.04. The molecule has 1 unspecified atom stereocenters. The average molecular weight is 357 g/mol. The third kappa shape index (κ3) is 3.70. The van der Waals surface area contributed by atoms with Gasteiger partial charge < -0.3 is 10.2 Å². The molecule has 3 aromatic rings. The fourth-order valence-electron chi connectivity index (χ4n) is 3.62. The number of hydrogen-bond acceptors (Lipinski definition) is 3. The van der Waals surface area contributed by atoms with Crippen LogP contribution in [0.2, 0.25) is 0 Å². The van der Waals surface area contributed by atoms with E-state index in [1.807, 2.05) is 35.2 Å². The number of anilines is 2. The van der Waals surface area contributed by atoms with Crippen LogP contribution in [0.4, 0.5) is 11.4 Å². The topological polar surface area (TPSA) is 45.2 Å². The fourth-order valence-corrected chi connectivity index (χ4v) is 3.62. The van der Waals surface area contributed by atoms with Crippen molar-refractivity contribution in [1.82, 2.24) is 4.98 Å². The zero-order chi connectivity index (χ0) is 18.6. The van der Waals surface area contributed by atoms with Crippen molar-refractivity contribution in [2.24, 2.45) is 0 Å². The van der Waals surface area contributed by atoms with Crippen molar-refractivity contribution in [2.75, 3.05) is 16.8 Å². The lowest BCUT2D eigenvalue weighted by Gasteiger charge is -2.22. The second-order valence-corrected chi connectivity index (χ2v) is 6.95. The molecule has 0 radical (unpaired) electrons.